The molecule has 1 fully saturated rings. The van der Waals surface area contributed by atoms with Crippen LogP contribution in [0.2, 0.25) is 5.02 Å². The molecule has 7 heteroatoms. The monoisotopic (exact) mass is 283 g/mol. The van der Waals surface area contributed by atoms with Gasteiger partial charge in [0.05, 0.1) is 16.1 Å². The van der Waals surface area contributed by atoms with Gasteiger partial charge in [0.1, 0.15) is 5.82 Å². The van der Waals surface area contributed by atoms with E-state index < -0.39 is 5.82 Å². The number of nitrogens with zero attached hydrogens (tertiary/aromatic N) is 4. The van der Waals surface area contributed by atoms with Gasteiger partial charge in [-0.2, -0.15) is 0 Å². The molecule has 0 spiro atoms. The maximum atomic E-state index is 13.4. The highest BCUT2D eigenvalue weighted by atomic mass is 35.5. The largest absolute Gasteiger partial charge is 0.368 e. The Morgan fingerprint density at radius 1 is 1.26 bits per heavy atom. The third kappa shape index (κ3) is 2.11. The Labute approximate surface area is 115 Å². The van der Waals surface area contributed by atoms with Gasteiger partial charge in [-0.15, -0.1) is 0 Å². The van der Waals surface area contributed by atoms with Crippen molar-refractivity contribution in [2.45, 2.75) is 0 Å². The molecule has 0 aliphatic carbocycles. The van der Waals surface area contributed by atoms with Crippen molar-refractivity contribution in [3.05, 3.63) is 23.0 Å². The lowest BCUT2D eigenvalue weighted by molar-refractivity contribution is 0.290. The Balaban J connectivity index is 2.07. The Morgan fingerprint density at radius 2 is 1.95 bits per heavy atom. The number of rotatable bonds is 1. The number of nitrogen functional groups attached to an aromatic ring is 1. The molecule has 0 bridgehead atoms. The zero-order valence-corrected chi connectivity index (χ0v) is 11.4. The molecule has 0 saturated carbocycles. The van der Waals surface area contributed by atoms with Gasteiger partial charge in [0.15, 0.2) is 0 Å². The standard InChI is InChI=1S/C12H15ClFN5/c1-17-2-4-18(5-3-17)19-11-6-8(13)9(14)7-10(11)16-12(19)15/h6-7H,2-5H2,1H3,(H2,15,16). The van der Waals surface area contributed by atoms with Crippen LogP contribution in [0.1, 0.15) is 0 Å². The summed E-state index contributed by atoms with van der Waals surface area (Å²) in [6.45, 7) is 3.60. The predicted octanol–water partition coefficient (Wildman–Crippen LogP) is 1.29. The van der Waals surface area contributed by atoms with Crippen molar-refractivity contribution in [1.29, 1.82) is 0 Å². The van der Waals surface area contributed by atoms with E-state index in [9.17, 15) is 4.39 Å². The summed E-state index contributed by atoms with van der Waals surface area (Å²) in [5, 5.41) is 2.20. The fraction of sp³-hybridized carbons (Fsp3) is 0.417. The quantitative estimate of drug-likeness (QED) is 0.857. The van der Waals surface area contributed by atoms with Gasteiger partial charge in [0.2, 0.25) is 5.95 Å². The fourth-order valence-corrected chi connectivity index (χ4v) is 2.53. The Kier molecular flexibility index (Phi) is 2.99. The molecule has 1 aliphatic rings. The van der Waals surface area contributed by atoms with Crippen molar-refractivity contribution in [1.82, 2.24) is 14.6 Å². The van der Waals surface area contributed by atoms with E-state index in [0.717, 1.165) is 31.7 Å². The van der Waals surface area contributed by atoms with Crippen LogP contribution in [0.25, 0.3) is 11.0 Å². The second-order valence-electron chi connectivity index (χ2n) is 4.79. The van der Waals surface area contributed by atoms with Crippen LogP contribution in [0.4, 0.5) is 10.3 Å². The van der Waals surface area contributed by atoms with Crippen molar-refractivity contribution in [3.63, 3.8) is 0 Å². The molecule has 19 heavy (non-hydrogen) atoms. The smallest absolute Gasteiger partial charge is 0.220 e. The summed E-state index contributed by atoms with van der Waals surface area (Å²) in [6.07, 6.45) is 0. The highest BCUT2D eigenvalue weighted by Crippen LogP contribution is 2.25. The minimum atomic E-state index is -0.475. The Hall–Kier alpha value is -1.53. The third-order valence-corrected chi connectivity index (χ3v) is 3.75. The molecule has 1 aromatic carbocycles. The minimum absolute atomic E-state index is 0.0859. The lowest BCUT2D eigenvalue weighted by atomic mass is 10.3. The molecule has 0 unspecified atom stereocenters. The lowest BCUT2D eigenvalue weighted by Crippen LogP contribution is -2.50. The normalized spacial score (nSPS) is 17.3. The van der Waals surface area contributed by atoms with Crippen LogP contribution in [0, 0.1) is 5.82 Å². The fourth-order valence-electron chi connectivity index (χ4n) is 2.37. The van der Waals surface area contributed by atoms with E-state index >= 15 is 0 Å². The second kappa shape index (κ2) is 4.54. The maximum absolute atomic E-state index is 13.4. The van der Waals surface area contributed by atoms with Crippen molar-refractivity contribution in [2.24, 2.45) is 0 Å². The molecule has 1 aliphatic heterocycles. The van der Waals surface area contributed by atoms with Crippen molar-refractivity contribution < 1.29 is 4.39 Å². The molecule has 0 radical (unpaired) electrons. The molecule has 1 saturated heterocycles. The zero-order chi connectivity index (χ0) is 13.6. The first-order chi connectivity index (χ1) is 9.06. The third-order valence-electron chi connectivity index (χ3n) is 3.46. The van der Waals surface area contributed by atoms with E-state index in [1.807, 2.05) is 4.68 Å². The first kappa shape index (κ1) is 12.5. The highest BCUT2D eigenvalue weighted by Gasteiger charge is 2.20. The minimum Gasteiger partial charge on any atom is -0.368 e. The molecule has 2 aromatic rings. The van der Waals surface area contributed by atoms with E-state index in [0.29, 0.717) is 11.5 Å². The lowest BCUT2D eigenvalue weighted by Gasteiger charge is -2.35. The van der Waals surface area contributed by atoms with Crippen LogP contribution in [-0.4, -0.2) is 47.8 Å². The zero-order valence-electron chi connectivity index (χ0n) is 10.6. The van der Waals surface area contributed by atoms with Gasteiger partial charge < -0.3 is 15.6 Å². The van der Waals surface area contributed by atoms with Crippen LogP contribution in [0.5, 0.6) is 0 Å². The number of likely N-dealkylation sites (N-methyl/N-ethyl adjacent to an activating group) is 1. The number of fused-ring (bicyclic) bond motifs is 1. The van der Waals surface area contributed by atoms with E-state index in [-0.39, 0.29) is 5.02 Å². The summed E-state index contributed by atoms with van der Waals surface area (Å²) >= 11 is 5.85. The number of nitrogens with two attached hydrogens (primary N) is 1. The number of imidazole rings is 1. The number of benzene rings is 1. The summed E-state index contributed by atoms with van der Waals surface area (Å²) in [7, 11) is 2.08. The van der Waals surface area contributed by atoms with Gasteiger partial charge in [0.25, 0.3) is 0 Å². The van der Waals surface area contributed by atoms with Gasteiger partial charge in [-0.3, -0.25) is 0 Å². The summed E-state index contributed by atoms with van der Waals surface area (Å²) in [4.78, 5) is 6.44. The molecule has 2 heterocycles. The van der Waals surface area contributed by atoms with E-state index in [2.05, 4.69) is 21.9 Å². The summed E-state index contributed by atoms with van der Waals surface area (Å²) in [6, 6.07) is 2.90. The van der Waals surface area contributed by atoms with Crippen molar-refractivity contribution in [2.75, 3.05) is 44.0 Å². The first-order valence-electron chi connectivity index (χ1n) is 6.13. The molecule has 5 nitrogen and oxygen atoms in total. The van der Waals surface area contributed by atoms with Gasteiger partial charge >= 0.3 is 0 Å². The van der Waals surface area contributed by atoms with Crippen molar-refractivity contribution >= 4 is 28.6 Å². The average molecular weight is 284 g/mol. The van der Waals surface area contributed by atoms with Crippen LogP contribution in [-0.2, 0) is 0 Å². The Bertz CT molecular complexity index is 618. The number of halogens is 2. The van der Waals surface area contributed by atoms with Gasteiger partial charge in [-0.25, -0.2) is 14.1 Å². The van der Waals surface area contributed by atoms with E-state index in [1.54, 1.807) is 6.07 Å². The van der Waals surface area contributed by atoms with Crippen LogP contribution >= 0.6 is 11.6 Å². The summed E-state index contributed by atoms with van der Waals surface area (Å²) in [5.74, 6) is -0.113. The van der Waals surface area contributed by atoms with Crippen LogP contribution in [0.3, 0.4) is 0 Å². The van der Waals surface area contributed by atoms with Gasteiger partial charge in [0, 0.05) is 32.2 Å². The molecule has 3 rings (SSSR count). The molecule has 102 valence electrons. The van der Waals surface area contributed by atoms with Gasteiger partial charge in [-0.1, -0.05) is 11.6 Å². The highest BCUT2D eigenvalue weighted by molar-refractivity contribution is 6.31. The van der Waals surface area contributed by atoms with Crippen LogP contribution in [0.15, 0.2) is 12.1 Å². The maximum Gasteiger partial charge on any atom is 0.220 e. The number of hydrogen-bond acceptors (Lipinski definition) is 4. The van der Waals surface area contributed by atoms with E-state index in [1.165, 1.54) is 6.07 Å². The topological polar surface area (TPSA) is 50.3 Å². The number of aromatic nitrogens is 2. The summed E-state index contributed by atoms with van der Waals surface area (Å²) < 4.78 is 15.3. The van der Waals surface area contributed by atoms with Crippen molar-refractivity contribution in [3.8, 4) is 0 Å². The van der Waals surface area contributed by atoms with Crippen LogP contribution < -0.4 is 10.7 Å². The molecule has 0 amide bonds. The predicted molar refractivity (Wildman–Crippen MR) is 74.6 cm³/mol. The molecule has 0 atom stereocenters. The molecule has 2 N–H and O–H groups in total. The summed E-state index contributed by atoms with van der Waals surface area (Å²) in [5.41, 5.74) is 7.22. The second-order valence-corrected chi connectivity index (χ2v) is 5.20. The van der Waals surface area contributed by atoms with Gasteiger partial charge in [-0.05, 0) is 13.1 Å². The molecular formula is C12H15ClFN5. The molecular weight excluding hydrogens is 269 g/mol. The average Bonchev–Trinajstić information content (AvgIpc) is 2.67. The number of piperazine rings is 1. The molecule has 1 aromatic heterocycles. The number of anilines is 1. The number of hydrogen-bond donors (Lipinski definition) is 1. The Morgan fingerprint density at radius 3 is 2.63 bits per heavy atom. The SMILES string of the molecule is CN1CCN(n2c(N)nc3cc(F)c(Cl)cc32)CC1. The first-order valence-corrected chi connectivity index (χ1v) is 6.51. The van der Waals surface area contributed by atoms with E-state index in [4.69, 9.17) is 17.3 Å².